The van der Waals surface area contributed by atoms with Gasteiger partial charge in [-0.25, -0.2) is 0 Å². The minimum Gasteiger partial charge on any atom is -0.467 e. The normalized spacial score (nSPS) is 12.1. The molecule has 0 radical (unpaired) electrons. The molecule has 0 aliphatic rings. The molecule has 2 rings (SSSR count). The number of nitrogens with one attached hydrogen (secondary N) is 1. The molecule has 1 aromatic heterocycles. The molecule has 1 atom stereocenters. The first-order chi connectivity index (χ1) is 9.58. The summed E-state index contributed by atoms with van der Waals surface area (Å²) in [5.74, 6) is 0.873. The van der Waals surface area contributed by atoms with E-state index in [9.17, 15) is 4.79 Å². The number of nitrogen functional groups attached to an aromatic ring is 1. The van der Waals surface area contributed by atoms with Crippen LogP contribution in [0.5, 0.6) is 0 Å². The van der Waals surface area contributed by atoms with Crippen LogP contribution in [-0.2, 0) is 4.79 Å². The van der Waals surface area contributed by atoms with E-state index in [2.05, 4.69) is 5.32 Å². The molecule has 0 saturated heterocycles. The molecular weight excluding hydrogens is 296 g/mol. The van der Waals surface area contributed by atoms with Gasteiger partial charge in [0.15, 0.2) is 0 Å². The number of carbonyl (C=O) groups is 1. The van der Waals surface area contributed by atoms with Crippen LogP contribution in [0.2, 0.25) is 5.02 Å². The molecule has 1 amide bonds. The summed E-state index contributed by atoms with van der Waals surface area (Å²) in [4.78, 5) is 12.6. The van der Waals surface area contributed by atoms with Crippen molar-refractivity contribution in [3.8, 4) is 0 Å². The van der Waals surface area contributed by atoms with E-state index in [1.54, 1.807) is 30.5 Å². The molecule has 0 bridgehead atoms. The molecule has 0 fully saturated rings. The average molecular weight is 311 g/mol. The summed E-state index contributed by atoms with van der Waals surface area (Å²) in [7, 11) is 0. The number of benzene rings is 1. The molecule has 0 saturated carbocycles. The zero-order valence-electron chi connectivity index (χ0n) is 10.9. The van der Waals surface area contributed by atoms with Crippen LogP contribution in [0.15, 0.2) is 45.9 Å². The van der Waals surface area contributed by atoms with E-state index in [1.165, 1.54) is 11.8 Å². The van der Waals surface area contributed by atoms with E-state index in [0.717, 1.165) is 10.7 Å². The van der Waals surface area contributed by atoms with Crippen molar-refractivity contribution in [3.05, 3.63) is 47.4 Å². The molecule has 20 heavy (non-hydrogen) atoms. The fourth-order valence-electron chi connectivity index (χ4n) is 1.71. The Balaban J connectivity index is 1.89. The molecule has 0 aliphatic heterocycles. The quantitative estimate of drug-likeness (QED) is 0.655. The summed E-state index contributed by atoms with van der Waals surface area (Å²) in [6.07, 6.45) is 1.58. The zero-order valence-corrected chi connectivity index (χ0v) is 12.5. The molecule has 4 nitrogen and oxygen atoms in total. The number of nitrogens with two attached hydrogens (primary N) is 1. The molecule has 2 aromatic rings. The summed E-state index contributed by atoms with van der Waals surface area (Å²) < 4.78 is 5.23. The van der Waals surface area contributed by atoms with E-state index in [1.807, 2.05) is 13.0 Å². The number of furan rings is 1. The Morgan fingerprint density at radius 3 is 2.90 bits per heavy atom. The van der Waals surface area contributed by atoms with Crippen LogP contribution in [0.25, 0.3) is 0 Å². The van der Waals surface area contributed by atoms with Gasteiger partial charge in [-0.15, -0.1) is 11.8 Å². The predicted octanol–water partition coefficient (Wildman–Crippen LogP) is 3.48. The number of thioether (sulfide) groups is 1. The molecular formula is C14H15ClN2O2S. The number of anilines is 1. The summed E-state index contributed by atoms with van der Waals surface area (Å²) in [5.41, 5.74) is 6.41. The number of amides is 1. The largest absolute Gasteiger partial charge is 0.467 e. The van der Waals surface area contributed by atoms with Gasteiger partial charge < -0.3 is 15.5 Å². The Hall–Kier alpha value is -1.59. The Morgan fingerprint density at radius 1 is 1.45 bits per heavy atom. The standard InChI is InChI=1S/C14H15ClN2O2S/c1-9(12-6-3-7-19-12)17-13(18)8-20-14-10(15)4-2-5-11(14)16/h2-7,9H,8,16H2,1H3,(H,17,18). The lowest BCUT2D eigenvalue weighted by Crippen LogP contribution is -2.27. The molecule has 1 heterocycles. The van der Waals surface area contributed by atoms with Gasteiger partial charge in [0.2, 0.25) is 5.91 Å². The third-order valence-corrected chi connectivity index (χ3v) is 4.27. The second-order valence-electron chi connectivity index (χ2n) is 4.25. The van der Waals surface area contributed by atoms with Gasteiger partial charge in [0.1, 0.15) is 5.76 Å². The minimum absolute atomic E-state index is 0.0989. The van der Waals surface area contributed by atoms with E-state index >= 15 is 0 Å². The van der Waals surface area contributed by atoms with Crippen molar-refractivity contribution >= 4 is 35.0 Å². The van der Waals surface area contributed by atoms with Gasteiger partial charge in [-0.05, 0) is 31.2 Å². The maximum absolute atomic E-state index is 11.9. The second kappa shape index (κ2) is 6.72. The van der Waals surface area contributed by atoms with E-state index in [4.69, 9.17) is 21.8 Å². The molecule has 1 aromatic carbocycles. The van der Waals surface area contributed by atoms with Crippen molar-refractivity contribution in [3.63, 3.8) is 0 Å². The number of halogens is 1. The van der Waals surface area contributed by atoms with Gasteiger partial charge in [-0.3, -0.25) is 4.79 Å². The molecule has 0 aliphatic carbocycles. The highest BCUT2D eigenvalue weighted by Crippen LogP contribution is 2.32. The first kappa shape index (κ1) is 14.8. The van der Waals surface area contributed by atoms with E-state index in [0.29, 0.717) is 10.7 Å². The zero-order chi connectivity index (χ0) is 14.5. The number of hydrogen-bond donors (Lipinski definition) is 2. The number of hydrogen-bond acceptors (Lipinski definition) is 4. The molecule has 6 heteroatoms. The first-order valence-electron chi connectivity index (χ1n) is 6.07. The van der Waals surface area contributed by atoms with Gasteiger partial charge in [-0.2, -0.15) is 0 Å². The van der Waals surface area contributed by atoms with Crippen LogP contribution >= 0.6 is 23.4 Å². The summed E-state index contributed by atoms with van der Waals surface area (Å²) in [6.45, 7) is 1.87. The third-order valence-electron chi connectivity index (χ3n) is 2.69. The highest BCUT2D eigenvalue weighted by atomic mass is 35.5. The smallest absolute Gasteiger partial charge is 0.230 e. The van der Waals surface area contributed by atoms with Crippen molar-refractivity contribution in [2.75, 3.05) is 11.5 Å². The lowest BCUT2D eigenvalue weighted by atomic mass is 10.2. The Bertz CT molecular complexity index is 567. The lowest BCUT2D eigenvalue weighted by molar-refractivity contribution is -0.119. The fourth-order valence-corrected chi connectivity index (χ4v) is 2.85. The SMILES string of the molecule is CC(NC(=O)CSc1c(N)cccc1Cl)c1ccco1. The van der Waals surface area contributed by atoms with Crippen molar-refractivity contribution in [1.29, 1.82) is 0 Å². The lowest BCUT2D eigenvalue weighted by Gasteiger charge is -2.12. The van der Waals surface area contributed by atoms with Gasteiger partial charge in [0.05, 0.1) is 23.1 Å². The van der Waals surface area contributed by atoms with Crippen LogP contribution in [0.4, 0.5) is 5.69 Å². The van der Waals surface area contributed by atoms with Crippen molar-refractivity contribution in [1.82, 2.24) is 5.32 Å². The Kier molecular flexibility index (Phi) is 4.98. The Morgan fingerprint density at radius 2 is 2.25 bits per heavy atom. The van der Waals surface area contributed by atoms with Gasteiger partial charge in [-0.1, -0.05) is 17.7 Å². The van der Waals surface area contributed by atoms with Gasteiger partial charge in [0.25, 0.3) is 0 Å². The summed E-state index contributed by atoms with van der Waals surface area (Å²) in [6, 6.07) is 8.74. The second-order valence-corrected chi connectivity index (χ2v) is 5.64. The Labute approximate surface area is 126 Å². The highest BCUT2D eigenvalue weighted by Gasteiger charge is 2.13. The monoisotopic (exact) mass is 310 g/mol. The molecule has 106 valence electrons. The maximum Gasteiger partial charge on any atom is 0.230 e. The van der Waals surface area contributed by atoms with Gasteiger partial charge >= 0.3 is 0 Å². The number of rotatable bonds is 5. The first-order valence-corrected chi connectivity index (χ1v) is 7.44. The van der Waals surface area contributed by atoms with Crippen molar-refractivity contribution in [2.45, 2.75) is 17.9 Å². The fraction of sp³-hybridized carbons (Fsp3) is 0.214. The minimum atomic E-state index is -0.165. The maximum atomic E-state index is 11.9. The number of carbonyl (C=O) groups excluding carboxylic acids is 1. The van der Waals surface area contributed by atoms with Gasteiger partial charge in [0, 0.05) is 10.6 Å². The van der Waals surface area contributed by atoms with Crippen LogP contribution in [0.1, 0.15) is 18.7 Å². The molecule has 3 N–H and O–H groups in total. The van der Waals surface area contributed by atoms with Crippen LogP contribution in [0, 0.1) is 0 Å². The molecule has 1 unspecified atom stereocenters. The van der Waals surface area contributed by atoms with Crippen molar-refractivity contribution < 1.29 is 9.21 Å². The van der Waals surface area contributed by atoms with Crippen molar-refractivity contribution in [2.24, 2.45) is 0 Å². The third kappa shape index (κ3) is 3.71. The van der Waals surface area contributed by atoms with E-state index in [-0.39, 0.29) is 17.7 Å². The van der Waals surface area contributed by atoms with Crippen LogP contribution in [-0.4, -0.2) is 11.7 Å². The topological polar surface area (TPSA) is 68.3 Å². The molecule has 0 spiro atoms. The summed E-state index contributed by atoms with van der Waals surface area (Å²) in [5, 5.41) is 3.41. The van der Waals surface area contributed by atoms with Crippen LogP contribution in [0.3, 0.4) is 0 Å². The van der Waals surface area contributed by atoms with E-state index < -0.39 is 0 Å². The average Bonchev–Trinajstić information content (AvgIpc) is 2.92. The predicted molar refractivity (Wildman–Crippen MR) is 81.9 cm³/mol. The van der Waals surface area contributed by atoms with Crippen LogP contribution < -0.4 is 11.1 Å². The summed E-state index contributed by atoms with van der Waals surface area (Å²) >= 11 is 7.37. The highest BCUT2D eigenvalue weighted by molar-refractivity contribution is 8.00.